The Hall–Kier alpha value is -3.22. The Labute approximate surface area is 149 Å². The Morgan fingerprint density at radius 3 is 2.58 bits per heavy atom. The number of nitrogens with zero attached hydrogens (tertiary/aromatic N) is 1. The summed E-state index contributed by atoms with van der Waals surface area (Å²) in [5.74, 6) is 0.990. The fourth-order valence-corrected chi connectivity index (χ4v) is 4.15. The minimum Gasteiger partial charge on any atom is -0.491 e. The third kappa shape index (κ3) is 1.67. The summed E-state index contributed by atoms with van der Waals surface area (Å²) >= 11 is 0. The van der Waals surface area contributed by atoms with Crippen LogP contribution in [0.5, 0.6) is 17.2 Å². The van der Waals surface area contributed by atoms with E-state index in [0.717, 1.165) is 0 Å². The van der Waals surface area contributed by atoms with Crippen molar-refractivity contribution < 1.29 is 23.8 Å². The Balaban J connectivity index is 1.81. The van der Waals surface area contributed by atoms with Crippen LogP contribution in [0.3, 0.4) is 0 Å². The molecule has 2 aromatic rings. The molecule has 0 radical (unpaired) electrons. The molecule has 5 rings (SSSR count). The van der Waals surface area contributed by atoms with Crippen molar-refractivity contribution in [3.8, 4) is 17.2 Å². The lowest BCUT2D eigenvalue weighted by Gasteiger charge is -2.24. The lowest BCUT2D eigenvalue weighted by Crippen LogP contribution is -2.41. The van der Waals surface area contributed by atoms with Gasteiger partial charge in [-0.25, -0.2) is 0 Å². The molecule has 0 saturated heterocycles. The average Bonchev–Trinajstić information content (AvgIpc) is 3.12. The van der Waals surface area contributed by atoms with Gasteiger partial charge in [0.05, 0.1) is 0 Å². The van der Waals surface area contributed by atoms with E-state index in [2.05, 4.69) is 0 Å². The van der Waals surface area contributed by atoms with E-state index in [1.807, 2.05) is 6.07 Å². The highest BCUT2D eigenvalue weighted by Gasteiger charge is 2.58. The number of ether oxygens (including phenoxy) is 3. The molecule has 7 heteroatoms. The normalized spacial score (nSPS) is 22.2. The molecule has 1 atom stereocenters. The molecule has 2 amide bonds. The van der Waals surface area contributed by atoms with Gasteiger partial charge in [0.25, 0.3) is 0 Å². The van der Waals surface area contributed by atoms with Gasteiger partial charge in [0, 0.05) is 35.5 Å². The second kappa shape index (κ2) is 4.91. The summed E-state index contributed by atoms with van der Waals surface area (Å²) in [5, 5.41) is 0. The van der Waals surface area contributed by atoms with Crippen molar-refractivity contribution in [1.82, 2.24) is 0 Å². The number of nitrogens with two attached hydrogens (primary N) is 1. The van der Waals surface area contributed by atoms with Crippen LogP contribution in [0.15, 0.2) is 30.3 Å². The first kappa shape index (κ1) is 15.1. The number of rotatable bonds is 1. The molecule has 2 aromatic carbocycles. The summed E-state index contributed by atoms with van der Waals surface area (Å²) in [6, 6.07) is 8.71. The van der Waals surface area contributed by atoms with E-state index >= 15 is 0 Å². The van der Waals surface area contributed by atoms with Crippen molar-refractivity contribution in [1.29, 1.82) is 0 Å². The van der Waals surface area contributed by atoms with Crippen LogP contribution >= 0.6 is 0 Å². The molecule has 0 saturated carbocycles. The van der Waals surface area contributed by atoms with Crippen LogP contribution in [0.4, 0.5) is 5.69 Å². The van der Waals surface area contributed by atoms with Crippen molar-refractivity contribution >= 4 is 17.5 Å². The number of benzene rings is 2. The van der Waals surface area contributed by atoms with E-state index in [-0.39, 0.29) is 12.5 Å². The zero-order valence-corrected chi connectivity index (χ0v) is 14.1. The van der Waals surface area contributed by atoms with E-state index in [9.17, 15) is 9.59 Å². The maximum absolute atomic E-state index is 13.3. The SMILES string of the molecule is CN1C(=O)C2(COc3cc4c(cc32)OCCO4)c2c(C(N)=O)cccc21. The van der Waals surface area contributed by atoms with Crippen LogP contribution in [0, 0.1) is 0 Å². The standard InChI is InChI=1S/C19H16N2O5/c1-21-12-4-2-3-10(17(20)22)16(12)19(18(21)23)9-26-13-8-15-14(7-11(13)19)24-5-6-25-15/h2-4,7-8H,5-6,9H2,1H3,(H2,20,22). The summed E-state index contributed by atoms with van der Waals surface area (Å²) in [4.78, 5) is 26.9. The van der Waals surface area contributed by atoms with Crippen molar-refractivity contribution in [2.24, 2.45) is 5.73 Å². The summed E-state index contributed by atoms with van der Waals surface area (Å²) < 4.78 is 17.2. The molecule has 26 heavy (non-hydrogen) atoms. The maximum Gasteiger partial charge on any atom is 0.249 e. The first-order valence-corrected chi connectivity index (χ1v) is 8.32. The highest BCUT2D eigenvalue weighted by molar-refractivity contribution is 6.14. The molecule has 0 fully saturated rings. The number of primary amides is 1. The molecule has 0 aromatic heterocycles. The van der Waals surface area contributed by atoms with E-state index in [0.29, 0.717) is 52.8 Å². The first-order valence-electron chi connectivity index (χ1n) is 8.32. The third-order valence-corrected chi connectivity index (χ3v) is 5.31. The minimum absolute atomic E-state index is 0.103. The molecular formula is C19H16N2O5. The van der Waals surface area contributed by atoms with Crippen LogP contribution < -0.4 is 24.8 Å². The third-order valence-electron chi connectivity index (χ3n) is 5.31. The molecule has 0 bridgehead atoms. The predicted octanol–water partition coefficient (Wildman–Crippen LogP) is 1.21. The molecule has 2 N–H and O–H groups in total. The Bertz CT molecular complexity index is 986. The van der Waals surface area contributed by atoms with Gasteiger partial charge in [-0.2, -0.15) is 0 Å². The molecular weight excluding hydrogens is 336 g/mol. The molecule has 1 unspecified atom stereocenters. The number of anilines is 1. The average molecular weight is 352 g/mol. The highest BCUT2D eigenvalue weighted by Crippen LogP contribution is 2.55. The number of hydrogen-bond donors (Lipinski definition) is 1. The van der Waals surface area contributed by atoms with Crippen molar-refractivity contribution in [3.05, 3.63) is 47.0 Å². The van der Waals surface area contributed by atoms with E-state index in [4.69, 9.17) is 19.9 Å². The largest absolute Gasteiger partial charge is 0.491 e. The number of fused-ring (bicyclic) bond motifs is 5. The summed E-state index contributed by atoms with van der Waals surface area (Å²) in [7, 11) is 1.69. The molecule has 7 nitrogen and oxygen atoms in total. The van der Waals surface area contributed by atoms with Gasteiger partial charge in [0.15, 0.2) is 11.5 Å². The smallest absolute Gasteiger partial charge is 0.249 e. The van der Waals surface area contributed by atoms with E-state index < -0.39 is 11.3 Å². The van der Waals surface area contributed by atoms with Crippen LogP contribution in [0.1, 0.15) is 21.5 Å². The number of amides is 2. The molecule has 3 aliphatic heterocycles. The molecule has 3 aliphatic rings. The number of carbonyl (C=O) groups is 2. The number of hydrogen-bond acceptors (Lipinski definition) is 5. The minimum atomic E-state index is -1.11. The van der Waals surface area contributed by atoms with E-state index in [1.165, 1.54) is 0 Å². The lowest BCUT2D eigenvalue weighted by atomic mass is 9.75. The zero-order chi connectivity index (χ0) is 18.1. The Morgan fingerprint density at radius 1 is 1.12 bits per heavy atom. The van der Waals surface area contributed by atoms with Gasteiger partial charge in [-0.1, -0.05) is 6.07 Å². The van der Waals surface area contributed by atoms with E-state index in [1.54, 1.807) is 36.2 Å². The van der Waals surface area contributed by atoms with Gasteiger partial charge in [-0.3, -0.25) is 9.59 Å². The number of likely N-dealkylation sites (N-methyl/N-ethyl adjacent to an activating group) is 1. The predicted molar refractivity (Wildman–Crippen MR) is 92.1 cm³/mol. The molecule has 3 heterocycles. The first-order chi connectivity index (χ1) is 12.5. The van der Waals surface area contributed by atoms with Crippen LogP contribution in [-0.2, 0) is 10.2 Å². The monoisotopic (exact) mass is 352 g/mol. The zero-order valence-electron chi connectivity index (χ0n) is 14.1. The fourth-order valence-electron chi connectivity index (χ4n) is 4.15. The van der Waals surface area contributed by atoms with Crippen LogP contribution in [0.25, 0.3) is 0 Å². The van der Waals surface area contributed by atoms with Crippen LogP contribution in [-0.4, -0.2) is 38.7 Å². The van der Waals surface area contributed by atoms with Gasteiger partial charge in [0.1, 0.15) is 31.0 Å². The quantitative estimate of drug-likeness (QED) is 0.833. The van der Waals surface area contributed by atoms with Gasteiger partial charge in [-0.05, 0) is 18.2 Å². The van der Waals surface area contributed by atoms with Gasteiger partial charge >= 0.3 is 0 Å². The summed E-state index contributed by atoms with van der Waals surface area (Å²) in [6.45, 7) is 1.01. The van der Waals surface area contributed by atoms with Gasteiger partial charge < -0.3 is 24.8 Å². The van der Waals surface area contributed by atoms with Crippen molar-refractivity contribution in [2.75, 3.05) is 31.8 Å². The molecule has 132 valence electrons. The second-order valence-electron chi connectivity index (χ2n) is 6.61. The summed E-state index contributed by atoms with van der Waals surface area (Å²) in [6.07, 6.45) is 0. The molecule has 1 spiro atoms. The maximum atomic E-state index is 13.3. The fraction of sp³-hybridized carbons (Fsp3) is 0.263. The topological polar surface area (TPSA) is 91.1 Å². The van der Waals surface area contributed by atoms with Crippen LogP contribution in [0.2, 0.25) is 0 Å². The Kier molecular flexibility index (Phi) is 2.84. The van der Waals surface area contributed by atoms with Crippen molar-refractivity contribution in [3.63, 3.8) is 0 Å². The lowest BCUT2D eigenvalue weighted by molar-refractivity contribution is -0.121. The van der Waals surface area contributed by atoms with Gasteiger partial charge in [0.2, 0.25) is 11.8 Å². The molecule has 0 aliphatic carbocycles. The van der Waals surface area contributed by atoms with Gasteiger partial charge in [-0.15, -0.1) is 0 Å². The summed E-state index contributed by atoms with van der Waals surface area (Å²) in [5.41, 5.74) is 6.75. The number of carbonyl (C=O) groups excluding carboxylic acids is 2. The Morgan fingerprint density at radius 2 is 1.85 bits per heavy atom. The van der Waals surface area contributed by atoms with Crippen molar-refractivity contribution in [2.45, 2.75) is 5.41 Å². The highest BCUT2D eigenvalue weighted by atomic mass is 16.6. The second-order valence-corrected chi connectivity index (χ2v) is 6.61.